The van der Waals surface area contributed by atoms with Crippen LogP contribution in [0.25, 0.3) is 0 Å². The maximum absolute atomic E-state index is 12.1. The molecule has 20 heavy (non-hydrogen) atoms. The van der Waals surface area contributed by atoms with E-state index in [0.717, 1.165) is 17.0 Å². The molecule has 1 aliphatic rings. The van der Waals surface area contributed by atoms with E-state index in [1.807, 2.05) is 54.6 Å². The fourth-order valence-corrected chi connectivity index (χ4v) is 2.82. The molecule has 3 nitrogen and oxygen atoms in total. The van der Waals surface area contributed by atoms with Gasteiger partial charge in [0.1, 0.15) is 11.1 Å². The van der Waals surface area contributed by atoms with E-state index in [9.17, 15) is 4.79 Å². The number of halogens is 1. The van der Waals surface area contributed by atoms with Gasteiger partial charge in [-0.05, 0) is 29.8 Å². The third-order valence-corrected chi connectivity index (χ3v) is 3.95. The Kier molecular flexibility index (Phi) is 3.36. The number of nitrogens with zero attached hydrogens (tertiary/aromatic N) is 1. The predicted molar refractivity (Wildman–Crippen MR) is 79.3 cm³/mol. The van der Waals surface area contributed by atoms with E-state index in [1.165, 1.54) is 0 Å². The maximum atomic E-state index is 12.1. The highest BCUT2D eigenvalue weighted by molar-refractivity contribution is 6.37. The zero-order valence-electron chi connectivity index (χ0n) is 11.0. The number of hydrogen-bond donors (Lipinski definition) is 0. The quantitative estimate of drug-likeness (QED) is 0.640. The van der Waals surface area contributed by atoms with Crippen molar-refractivity contribution in [3.8, 4) is 5.75 Å². The van der Waals surface area contributed by atoms with Gasteiger partial charge in [-0.25, -0.2) is 0 Å². The number of hydrogen-bond acceptors (Lipinski definition) is 2. The van der Waals surface area contributed by atoms with Crippen LogP contribution in [0.5, 0.6) is 5.75 Å². The second-order valence-electron chi connectivity index (χ2n) is 4.66. The highest BCUT2D eigenvalue weighted by atomic mass is 35.5. The van der Waals surface area contributed by atoms with Crippen molar-refractivity contribution in [3.63, 3.8) is 0 Å². The number of anilines is 1. The number of ether oxygens (including phenoxy) is 1. The molecule has 1 aliphatic heterocycles. The van der Waals surface area contributed by atoms with Crippen LogP contribution in [0, 0.1) is 0 Å². The molecule has 2 aromatic carbocycles. The summed E-state index contributed by atoms with van der Waals surface area (Å²) in [6.07, 6.45) is 0. The zero-order chi connectivity index (χ0) is 14.1. The lowest BCUT2D eigenvalue weighted by atomic mass is 9.92. The topological polar surface area (TPSA) is 29.5 Å². The van der Waals surface area contributed by atoms with Gasteiger partial charge in [-0.3, -0.25) is 4.79 Å². The van der Waals surface area contributed by atoms with Crippen molar-refractivity contribution >= 4 is 23.2 Å². The predicted octanol–water partition coefficient (Wildman–Crippen LogP) is 3.39. The Bertz CT molecular complexity index is 612. The monoisotopic (exact) mass is 287 g/mol. The molecule has 0 aliphatic carbocycles. The van der Waals surface area contributed by atoms with Crippen molar-refractivity contribution in [1.29, 1.82) is 0 Å². The van der Waals surface area contributed by atoms with Gasteiger partial charge in [-0.15, -0.1) is 11.6 Å². The minimum atomic E-state index is -0.500. The number of benzene rings is 2. The standard InChI is InChI=1S/C16H14ClNO2/c1-20-13-9-7-12(8-10-13)18-15(14(17)16(18)19)11-5-3-2-4-6-11/h2-10,14-15H,1H3/t14-,15+/m0/s1. The average molecular weight is 288 g/mol. The van der Waals surface area contributed by atoms with Crippen LogP contribution in [0.3, 0.4) is 0 Å². The summed E-state index contributed by atoms with van der Waals surface area (Å²) >= 11 is 6.19. The van der Waals surface area contributed by atoms with Gasteiger partial charge in [0.2, 0.25) is 5.91 Å². The van der Waals surface area contributed by atoms with Crippen LogP contribution >= 0.6 is 11.6 Å². The minimum Gasteiger partial charge on any atom is -0.497 e. The second kappa shape index (κ2) is 5.17. The van der Waals surface area contributed by atoms with Crippen LogP contribution in [0.2, 0.25) is 0 Å². The van der Waals surface area contributed by atoms with E-state index in [0.29, 0.717) is 0 Å². The van der Waals surface area contributed by atoms with Crippen LogP contribution in [0.4, 0.5) is 5.69 Å². The SMILES string of the molecule is COc1ccc(N2C(=O)[C@@H](Cl)[C@H]2c2ccccc2)cc1. The summed E-state index contributed by atoms with van der Waals surface area (Å²) < 4.78 is 5.13. The van der Waals surface area contributed by atoms with Gasteiger partial charge in [0.25, 0.3) is 0 Å². The Labute approximate surface area is 122 Å². The van der Waals surface area contributed by atoms with Crippen molar-refractivity contribution in [3.05, 3.63) is 60.2 Å². The van der Waals surface area contributed by atoms with Crippen molar-refractivity contribution in [2.75, 3.05) is 12.0 Å². The summed E-state index contributed by atoms with van der Waals surface area (Å²) in [7, 11) is 1.62. The number of carbonyl (C=O) groups is 1. The molecular formula is C16H14ClNO2. The molecule has 0 aromatic heterocycles. The van der Waals surface area contributed by atoms with Crippen molar-refractivity contribution in [1.82, 2.24) is 0 Å². The highest BCUT2D eigenvalue weighted by Gasteiger charge is 2.47. The van der Waals surface area contributed by atoms with E-state index in [4.69, 9.17) is 16.3 Å². The molecule has 102 valence electrons. The molecule has 0 unspecified atom stereocenters. The number of rotatable bonds is 3. The van der Waals surface area contributed by atoms with Crippen molar-refractivity contribution in [2.24, 2.45) is 0 Å². The highest BCUT2D eigenvalue weighted by Crippen LogP contribution is 2.42. The lowest BCUT2D eigenvalue weighted by Gasteiger charge is -2.44. The minimum absolute atomic E-state index is 0.0642. The Morgan fingerprint density at radius 2 is 1.70 bits per heavy atom. The molecule has 0 radical (unpaired) electrons. The number of alkyl halides is 1. The molecule has 2 aromatic rings. The molecule has 0 spiro atoms. The number of amides is 1. The molecule has 1 saturated heterocycles. The third-order valence-electron chi connectivity index (χ3n) is 3.52. The lowest BCUT2D eigenvalue weighted by Crippen LogP contribution is -2.56. The van der Waals surface area contributed by atoms with Gasteiger partial charge < -0.3 is 9.64 Å². The molecule has 1 fully saturated rings. The number of methoxy groups -OCH3 is 1. The Hall–Kier alpha value is -2.00. The first-order valence-corrected chi connectivity index (χ1v) is 6.82. The van der Waals surface area contributed by atoms with Gasteiger partial charge in [-0.2, -0.15) is 0 Å². The van der Waals surface area contributed by atoms with E-state index >= 15 is 0 Å². The van der Waals surface area contributed by atoms with Crippen LogP contribution in [0.15, 0.2) is 54.6 Å². The molecule has 3 rings (SSSR count). The summed E-state index contributed by atoms with van der Waals surface area (Å²) in [6.45, 7) is 0. The molecule has 4 heteroatoms. The van der Waals surface area contributed by atoms with Crippen molar-refractivity contribution < 1.29 is 9.53 Å². The third kappa shape index (κ3) is 2.04. The fourth-order valence-electron chi connectivity index (χ4n) is 2.45. The van der Waals surface area contributed by atoms with E-state index in [2.05, 4.69) is 0 Å². The van der Waals surface area contributed by atoms with Gasteiger partial charge in [0.05, 0.1) is 13.2 Å². The van der Waals surface area contributed by atoms with Crippen LogP contribution in [-0.2, 0) is 4.79 Å². The zero-order valence-corrected chi connectivity index (χ0v) is 11.7. The normalized spacial score (nSPS) is 21.5. The average Bonchev–Trinajstić information content (AvgIpc) is 2.52. The lowest BCUT2D eigenvalue weighted by molar-refractivity contribution is -0.123. The first-order chi connectivity index (χ1) is 9.72. The number of carbonyl (C=O) groups excluding carboxylic acids is 1. The van der Waals surface area contributed by atoms with Gasteiger partial charge >= 0.3 is 0 Å². The smallest absolute Gasteiger partial charge is 0.248 e. The van der Waals surface area contributed by atoms with Crippen LogP contribution in [-0.4, -0.2) is 18.4 Å². The van der Waals surface area contributed by atoms with Gasteiger partial charge in [0.15, 0.2) is 0 Å². The first kappa shape index (κ1) is 13.0. The summed E-state index contributed by atoms with van der Waals surface area (Å²) in [5.74, 6) is 0.700. The van der Waals surface area contributed by atoms with Gasteiger partial charge in [0, 0.05) is 5.69 Å². The molecule has 1 amide bonds. The first-order valence-electron chi connectivity index (χ1n) is 6.38. The van der Waals surface area contributed by atoms with Crippen molar-refractivity contribution in [2.45, 2.75) is 11.4 Å². The van der Waals surface area contributed by atoms with E-state index < -0.39 is 5.38 Å². The Balaban J connectivity index is 1.92. The molecular weight excluding hydrogens is 274 g/mol. The summed E-state index contributed by atoms with van der Waals surface area (Å²) in [5, 5.41) is -0.500. The summed E-state index contributed by atoms with van der Waals surface area (Å²) in [5.41, 5.74) is 1.88. The van der Waals surface area contributed by atoms with E-state index in [1.54, 1.807) is 12.0 Å². The summed E-state index contributed by atoms with van der Waals surface area (Å²) in [4.78, 5) is 13.8. The largest absolute Gasteiger partial charge is 0.497 e. The second-order valence-corrected chi connectivity index (χ2v) is 5.13. The molecule has 0 bridgehead atoms. The summed E-state index contributed by atoms with van der Waals surface area (Å²) in [6, 6.07) is 17.1. The molecule has 2 atom stereocenters. The molecule has 0 N–H and O–H groups in total. The molecule has 1 heterocycles. The van der Waals surface area contributed by atoms with Crippen LogP contribution < -0.4 is 9.64 Å². The molecule has 0 saturated carbocycles. The maximum Gasteiger partial charge on any atom is 0.248 e. The van der Waals surface area contributed by atoms with E-state index in [-0.39, 0.29) is 11.9 Å². The fraction of sp³-hybridized carbons (Fsp3) is 0.188. The Morgan fingerprint density at radius 1 is 1.05 bits per heavy atom. The number of β-lactam (4-membered cyclic amide) rings is 1. The Morgan fingerprint density at radius 3 is 2.30 bits per heavy atom. The van der Waals surface area contributed by atoms with Gasteiger partial charge in [-0.1, -0.05) is 30.3 Å². The van der Waals surface area contributed by atoms with Crippen LogP contribution in [0.1, 0.15) is 11.6 Å².